The fourth-order valence-corrected chi connectivity index (χ4v) is 6.11. The average molecular weight is 711 g/mol. The molecule has 6 N–H and O–H groups in total. The molecular formula is C29H42F3N4O11P. The molecule has 6 atom stereocenters. The molecule has 0 saturated carbocycles. The zero-order valence-corrected chi connectivity index (χ0v) is 27.7. The molecule has 15 nitrogen and oxygen atoms in total. The molecule has 0 aliphatic carbocycles. The summed E-state index contributed by atoms with van der Waals surface area (Å²) in [5.74, 6) is -2.97. The van der Waals surface area contributed by atoms with E-state index >= 15 is 0 Å². The minimum Gasteiger partial charge on any atom is -0.475 e. The summed E-state index contributed by atoms with van der Waals surface area (Å²) >= 11 is 0. The normalized spacial score (nSPS) is 22.7. The van der Waals surface area contributed by atoms with E-state index in [0.717, 1.165) is 30.3 Å². The number of ether oxygens (including phenoxy) is 2. The summed E-state index contributed by atoms with van der Waals surface area (Å²) in [6.07, 6.45) is -4.15. The maximum atomic E-state index is 13.9. The molecule has 1 aromatic carbocycles. The van der Waals surface area contributed by atoms with E-state index < -0.39 is 68.2 Å². The summed E-state index contributed by atoms with van der Waals surface area (Å²) in [5.41, 5.74) is 2.81. The Labute approximate surface area is 274 Å². The lowest BCUT2D eigenvalue weighted by molar-refractivity contribution is -0.192. The lowest BCUT2D eigenvalue weighted by Crippen LogP contribution is -2.46. The van der Waals surface area contributed by atoms with Gasteiger partial charge in [-0.25, -0.2) is 14.2 Å². The van der Waals surface area contributed by atoms with Gasteiger partial charge in [0, 0.05) is 6.20 Å². The predicted octanol–water partition coefficient (Wildman–Crippen LogP) is 3.41. The van der Waals surface area contributed by atoms with Crippen molar-refractivity contribution in [3.63, 3.8) is 0 Å². The number of hydrogen-bond donors (Lipinski definition) is 5. The highest BCUT2D eigenvalue weighted by Crippen LogP contribution is 2.47. The van der Waals surface area contributed by atoms with E-state index in [2.05, 4.69) is 23.9 Å². The number of aliphatic hydroxyl groups is 2. The lowest BCUT2D eigenvalue weighted by atomic mass is 9.96. The number of anilines is 1. The van der Waals surface area contributed by atoms with E-state index in [1.54, 1.807) is 30.3 Å². The number of esters is 1. The molecule has 1 fully saturated rings. The Kier molecular flexibility index (Phi) is 15.0. The van der Waals surface area contributed by atoms with Crippen LogP contribution in [0.25, 0.3) is 0 Å². The third kappa shape index (κ3) is 11.9. The number of halogens is 3. The quantitative estimate of drug-likeness (QED) is 0.132. The first-order valence-electron chi connectivity index (χ1n) is 15.0. The zero-order chi connectivity index (χ0) is 36.3. The SMILES string of the molecule is CCCC(CCC)COC(=O)[C@H](C)NP(=O)(OC[C@H]1O[C@@H](n2ccc(N)nc2=O)[C@](C)(O)[C@@H]1O)Oc1ccccc1.O=C(O)C(F)(F)F. The molecule has 3 rings (SSSR count). The number of carboxylic acid groups (broad SMARTS) is 1. The van der Waals surface area contributed by atoms with Crippen LogP contribution in [0.3, 0.4) is 0 Å². The maximum absolute atomic E-state index is 13.9. The van der Waals surface area contributed by atoms with E-state index in [4.69, 9.17) is 34.2 Å². The van der Waals surface area contributed by atoms with Gasteiger partial charge in [-0.05, 0) is 50.8 Å². The fraction of sp³-hybridized carbons (Fsp3) is 0.586. The molecule has 1 aliphatic heterocycles. The number of hydrogen-bond acceptors (Lipinski definition) is 12. The van der Waals surface area contributed by atoms with Crippen LogP contribution in [0.15, 0.2) is 47.4 Å². The van der Waals surface area contributed by atoms with E-state index in [1.165, 1.54) is 26.1 Å². The highest BCUT2D eigenvalue weighted by molar-refractivity contribution is 7.52. The summed E-state index contributed by atoms with van der Waals surface area (Å²) in [6, 6.07) is 8.47. The monoisotopic (exact) mass is 710 g/mol. The van der Waals surface area contributed by atoms with Gasteiger partial charge < -0.3 is 35.1 Å². The molecule has 0 spiro atoms. The number of aromatic nitrogens is 2. The Bertz CT molecular complexity index is 1440. The van der Waals surface area contributed by atoms with Gasteiger partial charge in [0.05, 0.1) is 13.2 Å². The standard InChI is InChI=1S/C27H41N4O9P.C2HF3O2/c1-5-10-19(11-6-2)16-37-24(33)18(3)30-41(36,40-20-12-8-7-9-13-20)38-17-21-23(32)27(4,35)25(39-21)31-15-14-22(28)29-26(31)34;3-2(4,5)1(6)7/h7-9,12-15,18-19,21,23,25,32,35H,5-6,10-11,16-17H2,1-4H3,(H,30,36)(H2,28,29,34);(H,6,7)/t18-,21+,23+,25+,27+,41?;/m0./s1. The number of para-hydroxylation sites is 1. The topological polar surface area (TPSA) is 222 Å². The Morgan fingerprint density at radius 3 is 2.29 bits per heavy atom. The van der Waals surface area contributed by atoms with Crippen molar-refractivity contribution in [3.05, 3.63) is 53.1 Å². The van der Waals surface area contributed by atoms with Crippen LogP contribution in [0.5, 0.6) is 5.75 Å². The van der Waals surface area contributed by atoms with Crippen LogP contribution >= 0.6 is 7.75 Å². The number of carboxylic acids is 1. The molecule has 270 valence electrons. The van der Waals surface area contributed by atoms with E-state index in [1.807, 2.05) is 0 Å². The van der Waals surface area contributed by atoms with Gasteiger partial charge in [-0.2, -0.15) is 23.2 Å². The summed E-state index contributed by atoms with van der Waals surface area (Å²) in [5, 5.41) is 31.5. The van der Waals surface area contributed by atoms with Gasteiger partial charge in [-0.15, -0.1) is 0 Å². The van der Waals surface area contributed by atoms with Gasteiger partial charge in [-0.3, -0.25) is 13.9 Å². The van der Waals surface area contributed by atoms with Gasteiger partial charge >= 0.3 is 31.6 Å². The number of benzene rings is 1. The molecule has 0 amide bonds. The van der Waals surface area contributed by atoms with Crippen LogP contribution in [0.2, 0.25) is 0 Å². The Hall–Kier alpha value is -3.54. The number of alkyl halides is 3. The molecule has 1 aliphatic rings. The van der Waals surface area contributed by atoms with Crippen LogP contribution < -0.4 is 21.0 Å². The van der Waals surface area contributed by atoms with Gasteiger partial charge in [0.1, 0.15) is 35.4 Å². The molecule has 19 heteroatoms. The Morgan fingerprint density at radius 2 is 1.77 bits per heavy atom. The number of aliphatic carboxylic acids is 1. The maximum Gasteiger partial charge on any atom is 0.490 e. The second-order valence-corrected chi connectivity index (χ2v) is 12.9. The summed E-state index contributed by atoms with van der Waals surface area (Å²) in [7, 11) is -4.27. The number of carbonyl (C=O) groups excluding carboxylic acids is 1. The molecule has 1 unspecified atom stereocenters. The van der Waals surface area contributed by atoms with Crippen molar-refractivity contribution in [2.24, 2.45) is 5.92 Å². The number of aliphatic hydroxyl groups excluding tert-OH is 1. The first-order valence-corrected chi connectivity index (χ1v) is 16.5. The summed E-state index contributed by atoms with van der Waals surface area (Å²) < 4.78 is 69.1. The van der Waals surface area contributed by atoms with Gasteiger partial charge in [0.15, 0.2) is 6.23 Å². The summed E-state index contributed by atoms with van der Waals surface area (Å²) in [6.45, 7) is 6.62. The van der Waals surface area contributed by atoms with Crippen molar-refractivity contribution >= 4 is 25.5 Å². The molecule has 0 radical (unpaired) electrons. The van der Waals surface area contributed by atoms with Crippen LogP contribution in [0.4, 0.5) is 19.0 Å². The van der Waals surface area contributed by atoms with Crippen molar-refractivity contribution in [3.8, 4) is 5.75 Å². The minimum absolute atomic E-state index is 0.0201. The Morgan fingerprint density at radius 1 is 1.19 bits per heavy atom. The van der Waals surface area contributed by atoms with Crippen molar-refractivity contribution in [2.45, 2.75) is 89.6 Å². The highest BCUT2D eigenvalue weighted by atomic mass is 31.2. The van der Waals surface area contributed by atoms with Crippen molar-refractivity contribution in [1.82, 2.24) is 14.6 Å². The van der Waals surface area contributed by atoms with Crippen LogP contribution in [0, 0.1) is 5.92 Å². The largest absolute Gasteiger partial charge is 0.490 e. The third-order valence-corrected chi connectivity index (χ3v) is 8.68. The molecule has 48 heavy (non-hydrogen) atoms. The van der Waals surface area contributed by atoms with Crippen molar-refractivity contribution in [1.29, 1.82) is 0 Å². The Balaban J connectivity index is 0.00000103. The molecule has 1 aromatic heterocycles. The van der Waals surface area contributed by atoms with Gasteiger partial charge in [0.2, 0.25) is 0 Å². The second kappa shape index (κ2) is 17.7. The number of nitrogens with two attached hydrogens (primary N) is 1. The predicted molar refractivity (Wildman–Crippen MR) is 165 cm³/mol. The van der Waals surface area contributed by atoms with Crippen molar-refractivity contribution in [2.75, 3.05) is 18.9 Å². The number of nitrogen functional groups attached to an aromatic ring is 1. The number of carbonyl (C=O) groups is 2. The van der Waals surface area contributed by atoms with E-state index in [-0.39, 0.29) is 24.1 Å². The number of nitrogens with one attached hydrogen (secondary N) is 1. The number of nitrogens with zero attached hydrogens (tertiary/aromatic N) is 2. The summed E-state index contributed by atoms with van der Waals surface area (Å²) in [4.78, 5) is 37.6. The lowest BCUT2D eigenvalue weighted by Gasteiger charge is -2.27. The van der Waals surface area contributed by atoms with Gasteiger partial charge in [-0.1, -0.05) is 44.9 Å². The number of rotatable bonds is 15. The molecular weight excluding hydrogens is 668 g/mol. The smallest absolute Gasteiger partial charge is 0.475 e. The first-order chi connectivity index (χ1) is 22.3. The van der Waals surface area contributed by atoms with Crippen LogP contribution in [-0.2, 0) is 28.2 Å². The highest BCUT2D eigenvalue weighted by Gasteiger charge is 2.54. The molecule has 1 saturated heterocycles. The fourth-order valence-electron chi connectivity index (χ4n) is 4.61. The van der Waals surface area contributed by atoms with E-state index in [0.29, 0.717) is 0 Å². The van der Waals surface area contributed by atoms with Crippen molar-refractivity contribution < 1.29 is 61.2 Å². The van der Waals surface area contributed by atoms with E-state index in [9.17, 15) is 37.5 Å². The molecule has 0 bridgehead atoms. The molecule has 2 heterocycles. The first kappa shape index (κ1) is 40.6. The van der Waals surface area contributed by atoms with Crippen LogP contribution in [-0.4, -0.2) is 80.1 Å². The second-order valence-electron chi connectivity index (χ2n) is 11.2. The average Bonchev–Trinajstić information content (AvgIpc) is 3.22. The molecule has 2 aromatic rings. The zero-order valence-electron chi connectivity index (χ0n) is 26.8. The van der Waals surface area contributed by atoms with Crippen LogP contribution in [0.1, 0.15) is 59.6 Å². The van der Waals surface area contributed by atoms with Gasteiger partial charge in [0.25, 0.3) is 0 Å². The third-order valence-electron chi connectivity index (χ3n) is 7.04. The minimum atomic E-state index is -5.08.